The van der Waals surface area contributed by atoms with Crippen LogP contribution in [0.15, 0.2) is 36.4 Å². The Morgan fingerprint density at radius 1 is 0.680 bits per heavy atom. The molecule has 0 aliphatic heterocycles. The Balaban J connectivity index is 2.35. The summed E-state index contributed by atoms with van der Waals surface area (Å²) in [4.78, 5) is 47.3. The highest BCUT2D eigenvalue weighted by Gasteiger charge is 2.23. The van der Waals surface area contributed by atoms with E-state index >= 15 is 0 Å². The molecule has 0 saturated carbocycles. The van der Waals surface area contributed by atoms with Gasteiger partial charge in [-0.3, -0.25) is 9.59 Å². The molecule has 25 heavy (non-hydrogen) atoms. The van der Waals surface area contributed by atoms with Crippen LogP contribution in [0.3, 0.4) is 0 Å². The third-order valence-electron chi connectivity index (χ3n) is 3.44. The lowest BCUT2D eigenvalue weighted by Gasteiger charge is -2.08. The van der Waals surface area contributed by atoms with E-state index in [-0.39, 0.29) is 34.0 Å². The van der Waals surface area contributed by atoms with Crippen molar-refractivity contribution in [3.05, 3.63) is 69.8 Å². The maximum Gasteiger partial charge on any atom is 0.336 e. The number of thioether (sulfide) groups is 1. The SMILES string of the molecule is Cc1ccc(C(=O)SC(=O)c2ccc(C)cc2C(=O)O)c(C(=O)O)c1. The van der Waals surface area contributed by atoms with Gasteiger partial charge in [-0.1, -0.05) is 23.3 Å². The number of aromatic carboxylic acids is 2. The molecule has 128 valence electrons. The summed E-state index contributed by atoms with van der Waals surface area (Å²) in [5.41, 5.74) is 0.704. The normalized spacial score (nSPS) is 10.3. The molecular formula is C18H14O6S. The minimum absolute atomic E-state index is 0.111. The quantitative estimate of drug-likeness (QED) is 0.862. The van der Waals surface area contributed by atoms with Crippen molar-refractivity contribution in [1.82, 2.24) is 0 Å². The van der Waals surface area contributed by atoms with Gasteiger partial charge >= 0.3 is 11.9 Å². The van der Waals surface area contributed by atoms with Crippen LogP contribution in [0.5, 0.6) is 0 Å². The van der Waals surface area contributed by atoms with Crippen molar-refractivity contribution in [2.45, 2.75) is 13.8 Å². The Hall–Kier alpha value is -2.93. The lowest BCUT2D eigenvalue weighted by molar-refractivity contribution is 0.0684. The lowest BCUT2D eigenvalue weighted by atomic mass is 10.1. The summed E-state index contributed by atoms with van der Waals surface area (Å²) in [5, 5.41) is 16.9. The van der Waals surface area contributed by atoms with Crippen molar-refractivity contribution < 1.29 is 29.4 Å². The number of carbonyl (C=O) groups excluding carboxylic acids is 2. The fourth-order valence-corrected chi connectivity index (χ4v) is 2.96. The molecule has 0 unspecified atom stereocenters. The topological polar surface area (TPSA) is 109 Å². The molecule has 0 amide bonds. The second kappa shape index (κ2) is 7.31. The van der Waals surface area contributed by atoms with Gasteiger partial charge in [-0.15, -0.1) is 0 Å². The van der Waals surface area contributed by atoms with Crippen LogP contribution >= 0.6 is 11.8 Å². The Bertz CT molecular complexity index is 827. The fraction of sp³-hybridized carbons (Fsp3) is 0.111. The van der Waals surface area contributed by atoms with Crippen molar-refractivity contribution in [3.63, 3.8) is 0 Å². The minimum Gasteiger partial charge on any atom is -0.478 e. The van der Waals surface area contributed by atoms with Crippen LogP contribution in [0.2, 0.25) is 0 Å². The van der Waals surface area contributed by atoms with Gasteiger partial charge < -0.3 is 10.2 Å². The van der Waals surface area contributed by atoms with E-state index in [1.54, 1.807) is 26.0 Å². The molecule has 0 saturated heterocycles. The Labute approximate surface area is 147 Å². The molecule has 0 aliphatic rings. The van der Waals surface area contributed by atoms with Gasteiger partial charge in [0.1, 0.15) is 0 Å². The standard InChI is InChI=1S/C18H14O6S/c1-9-3-5-11(13(7-9)15(19)20)17(23)25-18(24)12-6-4-10(2)8-14(12)16(21)22/h3-8H,1-2H3,(H,19,20)(H,21,22). The first-order valence-electron chi connectivity index (χ1n) is 7.15. The van der Waals surface area contributed by atoms with E-state index in [9.17, 15) is 29.4 Å². The zero-order valence-electron chi connectivity index (χ0n) is 13.4. The van der Waals surface area contributed by atoms with Crippen LogP contribution < -0.4 is 0 Å². The highest BCUT2D eigenvalue weighted by Crippen LogP contribution is 2.24. The molecule has 0 atom stereocenters. The number of carboxylic acids is 2. The number of hydrogen-bond donors (Lipinski definition) is 2. The number of carbonyl (C=O) groups is 4. The summed E-state index contributed by atoms with van der Waals surface area (Å²) < 4.78 is 0. The van der Waals surface area contributed by atoms with E-state index in [0.717, 1.165) is 0 Å². The first kappa shape index (κ1) is 18.4. The second-order valence-electron chi connectivity index (χ2n) is 5.39. The van der Waals surface area contributed by atoms with E-state index in [0.29, 0.717) is 11.1 Å². The molecule has 2 rings (SSSR count). The number of benzene rings is 2. The van der Waals surface area contributed by atoms with Crippen molar-refractivity contribution >= 4 is 33.9 Å². The number of aryl methyl sites for hydroxylation is 2. The molecule has 0 radical (unpaired) electrons. The van der Waals surface area contributed by atoms with Crippen LogP contribution in [-0.2, 0) is 0 Å². The van der Waals surface area contributed by atoms with E-state index < -0.39 is 22.2 Å². The van der Waals surface area contributed by atoms with Crippen LogP contribution in [0.4, 0.5) is 0 Å². The van der Waals surface area contributed by atoms with E-state index in [1.165, 1.54) is 24.3 Å². The van der Waals surface area contributed by atoms with Crippen molar-refractivity contribution in [1.29, 1.82) is 0 Å². The zero-order valence-corrected chi connectivity index (χ0v) is 14.2. The predicted octanol–water partition coefficient (Wildman–Crippen LogP) is 3.41. The summed E-state index contributed by atoms with van der Waals surface area (Å²) in [6, 6.07) is 8.51. The molecule has 2 N–H and O–H groups in total. The monoisotopic (exact) mass is 358 g/mol. The van der Waals surface area contributed by atoms with E-state index in [1.807, 2.05) is 0 Å². The zero-order chi connectivity index (χ0) is 18.7. The Morgan fingerprint density at radius 2 is 1.04 bits per heavy atom. The van der Waals surface area contributed by atoms with Gasteiger partial charge in [0, 0.05) is 11.1 Å². The summed E-state index contributed by atoms with van der Waals surface area (Å²) in [6.07, 6.45) is 0. The van der Waals surface area contributed by atoms with Gasteiger partial charge in [0.05, 0.1) is 11.1 Å². The largest absolute Gasteiger partial charge is 0.478 e. The molecular weight excluding hydrogens is 344 g/mol. The minimum atomic E-state index is -1.28. The smallest absolute Gasteiger partial charge is 0.336 e. The predicted molar refractivity (Wildman–Crippen MR) is 92.5 cm³/mol. The van der Waals surface area contributed by atoms with E-state index in [4.69, 9.17) is 0 Å². The molecule has 0 bridgehead atoms. The van der Waals surface area contributed by atoms with Gasteiger partial charge in [0.15, 0.2) is 0 Å². The van der Waals surface area contributed by atoms with E-state index in [2.05, 4.69) is 0 Å². The lowest BCUT2D eigenvalue weighted by Crippen LogP contribution is -2.11. The number of hydrogen-bond acceptors (Lipinski definition) is 5. The summed E-state index contributed by atoms with van der Waals surface area (Å²) in [5.74, 6) is -2.55. The molecule has 0 spiro atoms. The molecule has 0 aliphatic carbocycles. The maximum absolute atomic E-state index is 12.3. The highest BCUT2D eigenvalue weighted by atomic mass is 32.2. The first-order valence-corrected chi connectivity index (χ1v) is 7.96. The average molecular weight is 358 g/mol. The molecule has 2 aromatic carbocycles. The Morgan fingerprint density at radius 3 is 1.36 bits per heavy atom. The van der Waals surface area contributed by atoms with Crippen LogP contribution in [0.1, 0.15) is 52.6 Å². The van der Waals surface area contributed by atoms with Crippen LogP contribution in [-0.4, -0.2) is 32.4 Å². The maximum atomic E-state index is 12.3. The van der Waals surface area contributed by atoms with Crippen LogP contribution in [0, 0.1) is 13.8 Å². The fourth-order valence-electron chi connectivity index (χ4n) is 2.22. The van der Waals surface area contributed by atoms with Gasteiger partial charge in [-0.05, 0) is 49.9 Å². The van der Waals surface area contributed by atoms with Crippen molar-refractivity contribution in [2.24, 2.45) is 0 Å². The highest BCUT2D eigenvalue weighted by molar-refractivity contribution is 8.27. The summed E-state index contributed by atoms with van der Waals surface area (Å²) >= 11 is 0.276. The van der Waals surface area contributed by atoms with Crippen molar-refractivity contribution in [3.8, 4) is 0 Å². The molecule has 7 heteroatoms. The van der Waals surface area contributed by atoms with Gasteiger partial charge in [0.2, 0.25) is 10.2 Å². The third kappa shape index (κ3) is 4.13. The van der Waals surface area contributed by atoms with Gasteiger partial charge in [-0.2, -0.15) is 0 Å². The van der Waals surface area contributed by atoms with Gasteiger partial charge in [-0.25, -0.2) is 9.59 Å². The molecule has 0 fully saturated rings. The molecule has 0 heterocycles. The summed E-state index contributed by atoms with van der Waals surface area (Å²) in [7, 11) is 0. The third-order valence-corrected chi connectivity index (χ3v) is 4.25. The average Bonchev–Trinajstić information content (AvgIpc) is 2.54. The summed E-state index contributed by atoms with van der Waals surface area (Å²) in [6.45, 7) is 3.37. The van der Waals surface area contributed by atoms with Gasteiger partial charge in [0.25, 0.3) is 0 Å². The molecule has 0 aromatic heterocycles. The first-order chi connectivity index (χ1) is 11.7. The van der Waals surface area contributed by atoms with Crippen molar-refractivity contribution in [2.75, 3.05) is 0 Å². The Kier molecular flexibility index (Phi) is 5.38. The second-order valence-corrected chi connectivity index (χ2v) is 6.33. The number of carboxylic acid groups (broad SMARTS) is 2. The molecule has 6 nitrogen and oxygen atoms in total. The molecule has 2 aromatic rings. The number of rotatable bonds is 4. The van der Waals surface area contributed by atoms with Crippen LogP contribution in [0.25, 0.3) is 0 Å².